The monoisotopic (exact) mass is 342 g/mol. The Balaban J connectivity index is 1.54. The maximum atomic E-state index is 12.2. The smallest absolute Gasteiger partial charge is 0.258 e. The summed E-state index contributed by atoms with van der Waals surface area (Å²) in [6, 6.07) is 15.3. The van der Waals surface area contributed by atoms with Gasteiger partial charge < -0.3 is 0 Å². The van der Waals surface area contributed by atoms with Gasteiger partial charge in [0, 0.05) is 11.1 Å². The fourth-order valence-corrected chi connectivity index (χ4v) is 2.78. The summed E-state index contributed by atoms with van der Waals surface area (Å²) in [7, 11) is 0. The van der Waals surface area contributed by atoms with Crippen molar-refractivity contribution in [2.45, 2.75) is 25.4 Å². The molecule has 3 rings (SSSR count). The number of aryl methyl sites for hydroxylation is 1. The molecule has 6 heteroatoms. The molecule has 1 fully saturated rings. The predicted molar refractivity (Wildman–Crippen MR) is 95.8 cm³/mol. The Morgan fingerprint density at radius 3 is 2.79 bits per heavy atom. The lowest BCUT2D eigenvalue weighted by Crippen LogP contribution is -2.41. The second-order valence-corrected chi connectivity index (χ2v) is 6.27. The number of hydrogen-bond donors (Lipinski definition) is 3. The van der Waals surface area contributed by atoms with E-state index in [-0.39, 0.29) is 18.0 Å². The number of nitrogens with zero attached hydrogens (tertiary/aromatic N) is 1. The Morgan fingerprint density at radius 2 is 2.04 bits per heavy atom. The van der Waals surface area contributed by atoms with E-state index in [1.165, 1.54) is 5.56 Å². The SMILES string of the molecule is Cc1ccc(C2CC(C(=O)N/N=C/c3cccc(Cl)c3)NN2)cc1. The minimum absolute atomic E-state index is 0.109. The summed E-state index contributed by atoms with van der Waals surface area (Å²) in [5.41, 5.74) is 11.9. The molecule has 0 radical (unpaired) electrons. The number of hydrazine groups is 1. The molecule has 0 spiro atoms. The van der Waals surface area contributed by atoms with Crippen molar-refractivity contribution < 1.29 is 4.79 Å². The number of hydrazone groups is 1. The first-order valence-electron chi connectivity index (χ1n) is 7.78. The highest BCUT2D eigenvalue weighted by molar-refractivity contribution is 6.30. The lowest BCUT2D eigenvalue weighted by Gasteiger charge is -2.09. The lowest BCUT2D eigenvalue weighted by molar-refractivity contribution is -0.122. The molecule has 0 saturated carbocycles. The number of hydrogen-bond acceptors (Lipinski definition) is 4. The van der Waals surface area contributed by atoms with Crippen molar-refractivity contribution in [3.05, 3.63) is 70.2 Å². The summed E-state index contributed by atoms with van der Waals surface area (Å²) in [6.45, 7) is 2.05. The average molecular weight is 343 g/mol. The normalized spacial score (nSPS) is 20.4. The van der Waals surface area contributed by atoms with Crippen LogP contribution in [-0.4, -0.2) is 18.2 Å². The van der Waals surface area contributed by atoms with Gasteiger partial charge >= 0.3 is 0 Å². The van der Waals surface area contributed by atoms with Crippen molar-refractivity contribution in [2.75, 3.05) is 0 Å². The molecule has 1 saturated heterocycles. The second-order valence-electron chi connectivity index (χ2n) is 5.83. The molecule has 3 N–H and O–H groups in total. The highest BCUT2D eigenvalue weighted by Gasteiger charge is 2.29. The molecule has 1 heterocycles. The fourth-order valence-electron chi connectivity index (χ4n) is 2.58. The number of benzene rings is 2. The molecule has 1 aliphatic heterocycles. The Morgan fingerprint density at radius 1 is 1.25 bits per heavy atom. The van der Waals surface area contributed by atoms with E-state index in [0.29, 0.717) is 11.4 Å². The van der Waals surface area contributed by atoms with Crippen LogP contribution in [0.5, 0.6) is 0 Å². The van der Waals surface area contributed by atoms with Crippen LogP contribution in [0.15, 0.2) is 53.6 Å². The van der Waals surface area contributed by atoms with Crippen molar-refractivity contribution in [2.24, 2.45) is 5.10 Å². The number of rotatable bonds is 4. The average Bonchev–Trinajstić information content (AvgIpc) is 3.05. The zero-order valence-corrected chi connectivity index (χ0v) is 14.0. The number of carbonyl (C=O) groups is 1. The van der Waals surface area contributed by atoms with Crippen LogP contribution >= 0.6 is 11.6 Å². The first-order chi connectivity index (χ1) is 11.6. The van der Waals surface area contributed by atoms with E-state index in [4.69, 9.17) is 11.6 Å². The zero-order valence-electron chi connectivity index (χ0n) is 13.3. The van der Waals surface area contributed by atoms with Crippen LogP contribution in [0.3, 0.4) is 0 Å². The van der Waals surface area contributed by atoms with Crippen LogP contribution in [0.25, 0.3) is 0 Å². The number of amides is 1. The van der Waals surface area contributed by atoms with E-state index in [1.54, 1.807) is 18.3 Å². The van der Waals surface area contributed by atoms with Crippen LogP contribution in [0, 0.1) is 6.92 Å². The highest BCUT2D eigenvalue weighted by atomic mass is 35.5. The number of carbonyl (C=O) groups excluding carboxylic acids is 1. The Labute approximate surface area is 146 Å². The summed E-state index contributed by atoms with van der Waals surface area (Å²) in [4.78, 5) is 12.2. The van der Waals surface area contributed by atoms with E-state index in [0.717, 1.165) is 11.1 Å². The largest absolute Gasteiger partial charge is 0.271 e. The van der Waals surface area contributed by atoms with Crippen LogP contribution in [0.2, 0.25) is 5.02 Å². The standard InChI is InChI=1S/C18H19ClN4O/c1-12-5-7-14(8-6-12)16-10-17(22-21-16)18(24)23-20-11-13-3-2-4-15(19)9-13/h2-9,11,16-17,21-22H,10H2,1H3,(H,23,24)/b20-11+. The third kappa shape index (κ3) is 4.20. The molecule has 0 aliphatic carbocycles. The summed E-state index contributed by atoms with van der Waals surface area (Å²) in [6.07, 6.45) is 2.24. The van der Waals surface area contributed by atoms with Crippen LogP contribution in [0.4, 0.5) is 0 Å². The zero-order chi connectivity index (χ0) is 16.9. The van der Waals surface area contributed by atoms with Gasteiger partial charge in [0.1, 0.15) is 6.04 Å². The van der Waals surface area contributed by atoms with E-state index < -0.39 is 0 Å². The van der Waals surface area contributed by atoms with Gasteiger partial charge in [-0.3, -0.25) is 4.79 Å². The fraction of sp³-hybridized carbons (Fsp3) is 0.222. The van der Waals surface area contributed by atoms with Crippen LogP contribution < -0.4 is 16.3 Å². The molecule has 1 amide bonds. The predicted octanol–water partition coefficient (Wildman–Crippen LogP) is 2.71. The van der Waals surface area contributed by atoms with Crippen LogP contribution in [-0.2, 0) is 4.79 Å². The summed E-state index contributed by atoms with van der Waals surface area (Å²) in [5, 5.41) is 4.62. The van der Waals surface area contributed by atoms with Gasteiger partial charge in [0.2, 0.25) is 0 Å². The minimum Gasteiger partial charge on any atom is -0.271 e. The van der Waals surface area contributed by atoms with Gasteiger partial charge in [-0.15, -0.1) is 0 Å². The molecule has 5 nitrogen and oxygen atoms in total. The van der Waals surface area contributed by atoms with Gasteiger partial charge in [-0.05, 0) is 36.6 Å². The molecular weight excluding hydrogens is 324 g/mol. The highest BCUT2D eigenvalue weighted by Crippen LogP contribution is 2.22. The number of nitrogens with one attached hydrogen (secondary N) is 3. The topological polar surface area (TPSA) is 65.5 Å². The van der Waals surface area contributed by atoms with Gasteiger partial charge in [0.05, 0.1) is 6.21 Å². The van der Waals surface area contributed by atoms with Crippen LogP contribution in [0.1, 0.15) is 29.2 Å². The first-order valence-corrected chi connectivity index (χ1v) is 8.16. The molecule has 2 aromatic rings. The van der Waals surface area contributed by atoms with Crippen molar-refractivity contribution in [3.63, 3.8) is 0 Å². The summed E-state index contributed by atoms with van der Waals surface area (Å²) >= 11 is 5.91. The quantitative estimate of drug-likeness (QED) is 0.591. The second kappa shape index (κ2) is 7.57. The Kier molecular flexibility index (Phi) is 5.25. The van der Waals surface area contributed by atoms with E-state index in [1.807, 2.05) is 12.1 Å². The molecule has 1 aliphatic rings. The molecule has 2 atom stereocenters. The number of halogens is 1. The van der Waals surface area contributed by atoms with Gasteiger partial charge in [0.25, 0.3) is 5.91 Å². The maximum absolute atomic E-state index is 12.2. The van der Waals surface area contributed by atoms with Crippen molar-refractivity contribution >= 4 is 23.7 Å². The van der Waals surface area contributed by atoms with Crippen molar-refractivity contribution in [1.82, 2.24) is 16.3 Å². The summed E-state index contributed by atoms with van der Waals surface area (Å²) in [5.74, 6) is -0.171. The Bertz CT molecular complexity index is 745. The molecule has 2 aromatic carbocycles. The molecule has 0 bridgehead atoms. The van der Waals surface area contributed by atoms with Gasteiger partial charge in [-0.2, -0.15) is 5.10 Å². The minimum atomic E-state index is -0.326. The van der Waals surface area contributed by atoms with Gasteiger partial charge in [-0.25, -0.2) is 16.3 Å². The first kappa shape index (κ1) is 16.6. The molecule has 2 unspecified atom stereocenters. The van der Waals surface area contributed by atoms with Crippen molar-refractivity contribution in [1.29, 1.82) is 0 Å². The third-order valence-corrected chi connectivity index (χ3v) is 4.17. The Hall–Kier alpha value is -2.21. The van der Waals surface area contributed by atoms with Crippen molar-refractivity contribution in [3.8, 4) is 0 Å². The lowest BCUT2D eigenvalue weighted by atomic mass is 10.0. The molecule has 24 heavy (non-hydrogen) atoms. The van der Waals surface area contributed by atoms with E-state index in [2.05, 4.69) is 52.6 Å². The summed E-state index contributed by atoms with van der Waals surface area (Å²) < 4.78 is 0. The van der Waals surface area contributed by atoms with Gasteiger partial charge in [-0.1, -0.05) is 53.6 Å². The van der Waals surface area contributed by atoms with E-state index >= 15 is 0 Å². The van der Waals surface area contributed by atoms with E-state index in [9.17, 15) is 4.79 Å². The molecule has 124 valence electrons. The molecular formula is C18H19ClN4O. The third-order valence-electron chi connectivity index (χ3n) is 3.94. The molecule has 0 aromatic heterocycles. The maximum Gasteiger partial charge on any atom is 0.258 e. The van der Waals surface area contributed by atoms with Gasteiger partial charge in [0.15, 0.2) is 0 Å².